The number of nitrogens with zero attached hydrogens (tertiary/aromatic N) is 1. The van der Waals surface area contributed by atoms with Crippen molar-refractivity contribution in [2.45, 2.75) is 18.9 Å². The van der Waals surface area contributed by atoms with Crippen LogP contribution in [0.3, 0.4) is 0 Å². The molecule has 2 rings (SSSR count). The maximum atomic E-state index is 10.8. The minimum absolute atomic E-state index is 0.219. The summed E-state index contributed by atoms with van der Waals surface area (Å²) in [5, 5.41) is 12.1. The third-order valence-corrected chi connectivity index (χ3v) is 2.83. The fraction of sp³-hybridized carbons (Fsp3) is 0.889. The first-order valence-electron chi connectivity index (χ1n) is 4.95. The van der Waals surface area contributed by atoms with Gasteiger partial charge in [-0.2, -0.15) is 0 Å². The monoisotopic (exact) mass is 184 g/mol. The van der Waals surface area contributed by atoms with Gasteiger partial charge in [0.2, 0.25) is 0 Å². The van der Waals surface area contributed by atoms with Crippen molar-refractivity contribution in [3.8, 4) is 0 Å². The highest BCUT2D eigenvalue weighted by atomic mass is 16.4. The van der Waals surface area contributed by atoms with Crippen molar-refractivity contribution >= 4 is 5.97 Å². The smallest absolute Gasteiger partial charge is 0.309 e. The van der Waals surface area contributed by atoms with Gasteiger partial charge in [-0.05, 0) is 12.8 Å². The van der Waals surface area contributed by atoms with Crippen LogP contribution in [0.25, 0.3) is 0 Å². The van der Waals surface area contributed by atoms with Crippen molar-refractivity contribution in [1.82, 2.24) is 10.2 Å². The fourth-order valence-electron chi connectivity index (χ4n) is 1.87. The van der Waals surface area contributed by atoms with Crippen LogP contribution in [-0.2, 0) is 4.79 Å². The molecule has 2 N–H and O–H groups in total. The zero-order valence-corrected chi connectivity index (χ0v) is 7.70. The van der Waals surface area contributed by atoms with Crippen molar-refractivity contribution in [3.05, 3.63) is 0 Å². The van der Waals surface area contributed by atoms with Gasteiger partial charge in [0.1, 0.15) is 0 Å². The summed E-state index contributed by atoms with van der Waals surface area (Å²) in [6.45, 7) is 3.29. The largest absolute Gasteiger partial charge is 0.481 e. The highest BCUT2D eigenvalue weighted by Crippen LogP contribution is 2.27. The zero-order chi connectivity index (χ0) is 9.26. The van der Waals surface area contributed by atoms with E-state index in [0.717, 1.165) is 19.6 Å². The number of carboxylic acid groups (broad SMARTS) is 1. The standard InChI is InChI=1S/C9H16N2O2/c12-9(13)7-5-10-3-4-11(6-7)8-1-2-8/h7-8,10H,1-6H2,(H,12,13). The summed E-state index contributed by atoms with van der Waals surface area (Å²) < 4.78 is 0. The van der Waals surface area contributed by atoms with Gasteiger partial charge in [-0.15, -0.1) is 0 Å². The van der Waals surface area contributed by atoms with E-state index in [4.69, 9.17) is 5.11 Å². The van der Waals surface area contributed by atoms with Gasteiger partial charge in [0.25, 0.3) is 0 Å². The van der Waals surface area contributed by atoms with Crippen LogP contribution in [0.1, 0.15) is 12.8 Å². The van der Waals surface area contributed by atoms with Crippen LogP contribution in [0.2, 0.25) is 0 Å². The Bertz CT molecular complexity index is 204. The first-order valence-corrected chi connectivity index (χ1v) is 4.95. The second-order valence-corrected chi connectivity index (χ2v) is 3.97. The number of carboxylic acids is 1. The predicted octanol–water partition coefficient (Wildman–Crippen LogP) is -0.245. The Labute approximate surface area is 77.9 Å². The number of aliphatic carboxylic acids is 1. The third kappa shape index (κ3) is 2.19. The summed E-state index contributed by atoms with van der Waals surface area (Å²) in [6, 6.07) is 0.682. The Morgan fingerprint density at radius 3 is 2.85 bits per heavy atom. The zero-order valence-electron chi connectivity index (χ0n) is 7.70. The molecule has 4 nitrogen and oxygen atoms in total. The van der Waals surface area contributed by atoms with Crippen LogP contribution in [0.5, 0.6) is 0 Å². The minimum Gasteiger partial charge on any atom is -0.481 e. The second kappa shape index (κ2) is 3.64. The number of hydrogen-bond acceptors (Lipinski definition) is 3. The molecular weight excluding hydrogens is 168 g/mol. The lowest BCUT2D eigenvalue weighted by Crippen LogP contribution is -2.35. The Morgan fingerprint density at radius 2 is 2.23 bits per heavy atom. The van der Waals surface area contributed by atoms with Crippen LogP contribution < -0.4 is 5.32 Å². The summed E-state index contributed by atoms with van der Waals surface area (Å²) in [5.41, 5.74) is 0. The number of nitrogens with one attached hydrogen (secondary N) is 1. The average molecular weight is 184 g/mol. The van der Waals surface area contributed by atoms with Gasteiger partial charge in [-0.1, -0.05) is 0 Å². The molecule has 74 valence electrons. The molecule has 13 heavy (non-hydrogen) atoms. The van der Waals surface area contributed by atoms with Crippen molar-refractivity contribution in [1.29, 1.82) is 0 Å². The molecule has 1 saturated carbocycles. The molecule has 0 spiro atoms. The van der Waals surface area contributed by atoms with Gasteiger partial charge < -0.3 is 10.4 Å². The molecule has 1 unspecified atom stereocenters. The van der Waals surface area contributed by atoms with E-state index in [0.29, 0.717) is 12.6 Å². The molecule has 0 aromatic heterocycles. The van der Waals surface area contributed by atoms with Gasteiger partial charge in [0, 0.05) is 32.2 Å². The normalized spacial score (nSPS) is 31.2. The number of rotatable bonds is 2. The van der Waals surface area contributed by atoms with Gasteiger partial charge in [0.05, 0.1) is 5.92 Å². The lowest BCUT2D eigenvalue weighted by molar-refractivity contribution is -0.142. The maximum Gasteiger partial charge on any atom is 0.309 e. The first-order chi connectivity index (χ1) is 6.27. The highest BCUT2D eigenvalue weighted by molar-refractivity contribution is 5.70. The molecule has 0 aromatic carbocycles. The van der Waals surface area contributed by atoms with E-state index in [-0.39, 0.29) is 5.92 Å². The van der Waals surface area contributed by atoms with Crippen molar-refractivity contribution in [3.63, 3.8) is 0 Å². The molecule has 1 atom stereocenters. The van der Waals surface area contributed by atoms with Crippen molar-refractivity contribution in [2.24, 2.45) is 5.92 Å². The third-order valence-electron chi connectivity index (χ3n) is 2.83. The van der Waals surface area contributed by atoms with Crippen molar-refractivity contribution < 1.29 is 9.90 Å². The van der Waals surface area contributed by atoms with E-state index in [9.17, 15) is 4.79 Å². The average Bonchev–Trinajstić information content (AvgIpc) is 2.91. The summed E-state index contributed by atoms with van der Waals surface area (Å²) in [7, 11) is 0. The van der Waals surface area contributed by atoms with E-state index in [1.54, 1.807) is 0 Å². The summed E-state index contributed by atoms with van der Waals surface area (Å²) >= 11 is 0. The van der Waals surface area contributed by atoms with Crippen LogP contribution in [0.15, 0.2) is 0 Å². The van der Waals surface area contributed by atoms with Gasteiger partial charge >= 0.3 is 5.97 Å². The molecule has 0 amide bonds. The summed E-state index contributed by atoms with van der Waals surface area (Å²) in [6.07, 6.45) is 2.51. The molecule has 0 bridgehead atoms. The number of carbonyl (C=O) groups is 1. The molecule has 1 aliphatic carbocycles. The van der Waals surface area contributed by atoms with E-state index >= 15 is 0 Å². The molecule has 2 fully saturated rings. The molecule has 0 radical (unpaired) electrons. The van der Waals surface area contributed by atoms with E-state index in [1.165, 1.54) is 12.8 Å². The van der Waals surface area contributed by atoms with E-state index in [2.05, 4.69) is 10.2 Å². The molecule has 1 heterocycles. The molecule has 2 aliphatic rings. The molecule has 1 aliphatic heterocycles. The Morgan fingerprint density at radius 1 is 1.46 bits per heavy atom. The predicted molar refractivity (Wildman–Crippen MR) is 48.6 cm³/mol. The van der Waals surface area contributed by atoms with E-state index < -0.39 is 5.97 Å². The fourth-order valence-corrected chi connectivity index (χ4v) is 1.87. The molecule has 1 saturated heterocycles. The summed E-state index contributed by atoms with van der Waals surface area (Å²) in [4.78, 5) is 13.1. The highest BCUT2D eigenvalue weighted by Gasteiger charge is 2.33. The van der Waals surface area contributed by atoms with Crippen LogP contribution in [0.4, 0.5) is 0 Å². The van der Waals surface area contributed by atoms with E-state index in [1.807, 2.05) is 0 Å². The van der Waals surface area contributed by atoms with Gasteiger partial charge in [-0.3, -0.25) is 9.69 Å². The topological polar surface area (TPSA) is 52.6 Å². The van der Waals surface area contributed by atoms with Crippen LogP contribution in [-0.4, -0.2) is 48.2 Å². The summed E-state index contributed by atoms with van der Waals surface area (Å²) in [5.74, 6) is -0.886. The van der Waals surface area contributed by atoms with Crippen molar-refractivity contribution in [2.75, 3.05) is 26.2 Å². The number of hydrogen-bond donors (Lipinski definition) is 2. The van der Waals surface area contributed by atoms with Crippen LogP contribution in [0, 0.1) is 5.92 Å². The Hall–Kier alpha value is -0.610. The lowest BCUT2D eigenvalue weighted by Gasteiger charge is -2.20. The quantitative estimate of drug-likeness (QED) is 0.621. The maximum absolute atomic E-state index is 10.8. The second-order valence-electron chi connectivity index (χ2n) is 3.97. The molecule has 0 aromatic rings. The SMILES string of the molecule is O=C(O)C1CNCCN(C2CC2)C1. The Balaban J connectivity index is 1.93. The molecule has 4 heteroatoms. The molecular formula is C9H16N2O2. The van der Waals surface area contributed by atoms with Gasteiger partial charge in [-0.25, -0.2) is 0 Å². The Kier molecular flexibility index (Phi) is 2.51. The van der Waals surface area contributed by atoms with Gasteiger partial charge in [0.15, 0.2) is 0 Å². The minimum atomic E-state index is -0.667. The lowest BCUT2D eigenvalue weighted by atomic mass is 10.1. The van der Waals surface area contributed by atoms with Crippen LogP contribution >= 0.6 is 0 Å². The first kappa shape index (κ1) is 8.97.